The van der Waals surface area contributed by atoms with Crippen molar-refractivity contribution in [3.05, 3.63) is 41.5 Å². The molecule has 0 radical (unpaired) electrons. The quantitative estimate of drug-likeness (QED) is 0.774. The molecular weight excluding hydrogens is 298 g/mol. The van der Waals surface area contributed by atoms with Crippen LogP contribution in [0.15, 0.2) is 36.0 Å². The average molecular weight is 315 g/mol. The third kappa shape index (κ3) is 2.69. The van der Waals surface area contributed by atoms with Gasteiger partial charge in [0, 0.05) is 5.56 Å². The number of nitrogens with one attached hydrogen (secondary N) is 1. The summed E-state index contributed by atoms with van der Waals surface area (Å²) in [6, 6.07) is 7.78. The number of hydrogen-bond acceptors (Lipinski definition) is 6. The molecule has 3 rings (SSSR count). The molecule has 0 aliphatic rings. The van der Waals surface area contributed by atoms with E-state index in [0.717, 1.165) is 33.1 Å². The summed E-state index contributed by atoms with van der Waals surface area (Å²) in [7, 11) is 3.32. The third-order valence-corrected chi connectivity index (χ3v) is 4.41. The molecule has 6 heteroatoms. The minimum atomic E-state index is 0.0187. The number of ether oxygens (including phenoxy) is 2. The smallest absolute Gasteiger partial charge is 0.147 e. The summed E-state index contributed by atoms with van der Waals surface area (Å²) in [4.78, 5) is 8.62. The highest BCUT2D eigenvalue weighted by Gasteiger charge is 2.15. The Bertz CT molecular complexity index is 788. The molecule has 1 atom stereocenters. The summed E-state index contributed by atoms with van der Waals surface area (Å²) in [6.45, 7) is 2.07. The summed E-state index contributed by atoms with van der Waals surface area (Å²) < 4.78 is 11.8. The number of aromatic nitrogens is 2. The van der Waals surface area contributed by atoms with Crippen LogP contribution in [0.4, 0.5) is 5.82 Å². The highest BCUT2D eigenvalue weighted by molar-refractivity contribution is 7.17. The fraction of sp³-hybridized carbons (Fsp3) is 0.250. The molecule has 0 amide bonds. The molecule has 1 aromatic carbocycles. The lowest BCUT2D eigenvalue weighted by molar-refractivity contribution is 0.397. The van der Waals surface area contributed by atoms with Crippen LogP contribution < -0.4 is 14.8 Å². The van der Waals surface area contributed by atoms with E-state index in [9.17, 15) is 0 Å². The molecule has 3 aromatic rings. The van der Waals surface area contributed by atoms with E-state index in [1.807, 2.05) is 29.6 Å². The lowest BCUT2D eigenvalue weighted by atomic mass is 10.1. The zero-order valence-corrected chi connectivity index (χ0v) is 13.5. The van der Waals surface area contributed by atoms with Crippen LogP contribution in [0.1, 0.15) is 18.5 Å². The molecule has 22 heavy (non-hydrogen) atoms. The Hall–Kier alpha value is -2.34. The Kier molecular flexibility index (Phi) is 4.11. The van der Waals surface area contributed by atoms with Crippen molar-refractivity contribution >= 4 is 27.4 Å². The van der Waals surface area contributed by atoms with Gasteiger partial charge in [0.2, 0.25) is 0 Å². The van der Waals surface area contributed by atoms with E-state index < -0.39 is 0 Å². The van der Waals surface area contributed by atoms with Gasteiger partial charge in [-0.3, -0.25) is 0 Å². The number of fused-ring (bicyclic) bond motifs is 1. The molecule has 0 aliphatic carbocycles. The van der Waals surface area contributed by atoms with Gasteiger partial charge in [-0.25, -0.2) is 9.97 Å². The van der Waals surface area contributed by atoms with Crippen molar-refractivity contribution in [2.75, 3.05) is 19.5 Å². The molecule has 1 unspecified atom stereocenters. The predicted octanol–water partition coefficient (Wildman–Crippen LogP) is 3.88. The number of anilines is 1. The molecular formula is C16H17N3O2S. The lowest BCUT2D eigenvalue weighted by Gasteiger charge is -2.19. The van der Waals surface area contributed by atoms with Gasteiger partial charge < -0.3 is 14.8 Å². The average Bonchev–Trinajstić information content (AvgIpc) is 3.03. The molecule has 0 saturated carbocycles. The van der Waals surface area contributed by atoms with Crippen molar-refractivity contribution in [3.63, 3.8) is 0 Å². The van der Waals surface area contributed by atoms with Crippen LogP contribution in [-0.4, -0.2) is 24.2 Å². The van der Waals surface area contributed by atoms with Crippen molar-refractivity contribution in [2.24, 2.45) is 0 Å². The van der Waals surface area contributed by atoms with Gasteiger partial charge in [0.15, 0.2) is 0 Å². The Morgan fingerprint density at radius 2 is 2.00 bits per heavy atom. The molecule has 0 fully saturated rings. The summed E-state index contributed by atoms with van der Waals surface area (Å²) in [5.41, 5.74) is 1.97. The van der Waals surface area contributed by atoms with E-state index in [-0.39, 0.29) is 6.04 Å². The first-order chi connectivity index (χ1) is 10.7. The van der Waals surface area contributed by atoms with Gasteiger partial charge in [-0.15, -0.1) is 11.3 Å². The first-order valence-electron chi connectivity index (χ1n) is 6.89. The van der Waals surface area contributed by atoms with Gasteiger partial charge in [-0.1, -0.05) is 0 Å². The van der Waals surface area contributed by atoms with E-state index in [4.69, 9.17) is 9.47 Å². The minimum Gasteiger partial charge on any atom is -0.497 e. The van der Waals surface area contributed by atoms with E-state index in [1.54, 1.807) is 31.9 Å². The molecule has 2 aromatic heterocycles. The van der Waals surface area contributed by atoms with Gasteiger partial charge in [0.05, 0.1) is 30.5 Å². The Balaban J connectivity index is 1.94. The largest absolute Gasteiger partial charge is 0.497 e. The molecule has 0 bridgehead atoms. The van der Waals surface area contributed by atoms with Crippen LogP contribution in [0, 0.1) is 0 Å². The van der Waals surface area contributed by atoms with Crippen LogP contribution in [0.25, 0.3) is 10.2 Å². The summed E-state index contributed by atoms with van der Waals surface area (Å²) in [6.07, 6.45) is 1.58. The summed E-state index contributed by atoms with van der Waals surface area (Å²) >= 11 is 1.63. The maximum Gasteiger partial charge on any atom is 0.147 e. The van der Waals surface area contributed by atoms with Gasteiger partial charge >= 0.3 is 0 Å². The van der Waals surface area contributed by atoms with Crippen molar-refractivity contribution < 1.29 is 9.47 Å². The van der Waals surface area contributed by atoms with Gasteiger partial charge in [-0.05, 0) is 36.6 Å². The zero-order valence-electron chi connectivity index (χ0n) is 12.7. The molecule has 1 N–H and O–H groups in total. The standard InChI is InChI=1S/C16H17N3O2S/c1-10(12-8-11(20-2)4-5-14(12)21-3)19-16-15-13(6-7-22-15)17-9-18-16/h4-10H,1-3H3,(H,17,18,19). The van der Waals surface area contributed by atoms with Crippen molar-refractivity contribution in [2.45, 2.75) is 13.0 Å². The Morgan fingerprint density at radius 3 is 2.77 bits per heavy atom. The second-order valence-electron chi connectivity index (χ2n) is 4.83. The Labute approximate surface area is 132 Å². The van der Waals surface area contributed by atoms with Crippen LogP contribution in [0.2, 0.25) is 0 Å². The fourth-order valence-corrected chi connectivity index (χ4v) is 3.15. The molecule has 114 valence electrons. The fourth-order valence-electron chi connectivity index (χ4n) is 2.35. The third-order valence-electron chi connectivity index (χ3n) is 3.50. The molecule has 0 aliphatic heterocycles. The number of hydrogen-bond donors (Lipinski definition) is 1. The maximum absolute atomic E-state index is 5.45. The summed E-state index contributed by atoms with van der Waals surface area (Å²) in [5, 5.41) is 5.45. The topological polar surface area (TPSA) is 56.3 Å². The van der Waals surface area contributed by atoms with Crippen LogP contribution in [-0.2, 0) is 0 Å². The predicted molar refractivity (Wildman–Crippen MR) is 89.0 cm³/mol. The number of benzene rings is 1. The Morgan fingerprint density at radius 1 is 1.14 bits per heavy atom. The summed E-state index contributed by atoms with van der Waals surface area (Å²) in [5.74, 6) is 2.45. The van der Waals surface area contributed by atoms with Crippen molar-refractivity contribution in [3.8, 4) is 11.5 Å². The normalized spacial score (nSPS) is 12.1. The molecule has 2 heterocycles. The van der Waals surface area contributed by atoms with Crippen LogP contribution in [0.3, 0.4) is 0 Å². The van der Waals surface area contributed by atoms with Crippen LogP contribution in [0.5, 0.6) is 11.5 Å². The van der Waals surface area contributed by atoms with Crippen LogP contribution >= 0.6 is 11.3 Å². The van der Waals surface area contributed by atoms with E-state index in [0.29, 0.717) is 0 Å². The van der Waals surface area contributed by atoms with E-state index >= 15 is 0 Å². The maximum atomic E-state index is 5.45. The van der Waals surface area contributed by atoms with E-state index in [1.165, 1.54) is 0 Å². The second-order valence-corrected chi connectivity index (χ2v) is 5.75. The number of methoxy groups -OCH3 is 2. The number of thiophene rings is 1. The molecule has 0 saturated heterocycles. The highest BCUT2D eigenvalue weighted by atomic mass is 32.1. The first-order valence-corrected chi connectivity index (χ1v) is 7.77. The number of nitrogens with zero attached hydrogens (tertiary/aromatic N) is 2. The second kappa shape index (κ2) is 6.19. The van der Waals surface area contributed by atoms with Gasteiger partial charge in [0.1, 0.15) is 23.6 Å². The SMILES string of the molecule is COc1ccc(OC)c(C(C)Nc2ncnc3ccsc23)c1. The zero-order chi connectivity index (χ0) is 15.5. The van der Waals surface area contributed by atoms with Gasteiger partial charge in [0.25, 0.3) is 0 Å². The molecule has 0 spiro atoms. The van der Waals surface area contributed by atoms with E-state index in [2.05, 4.69) is 22.2 Å². The van der Waals surface area contributed by atoms with Crippen molar-refractivity contribution in [1.82, 2.24) is 9.97 Å². The van der Waals surface area contributed by atoms with Crippen molar-refractivity contribution in [1.29, 1.82) is 0 Å². The number of rotatable bonds is 5. The monoisotopic (exact) mass is 315 g/mol. The molecule has 5 nitrogen and oxygen atoms in total. The first kappa shape index (κ1) is 14.6. The minimum absolute atomic E-state index is 0.0187. The highest BCUT2D eigenvalue weighted by Crippen LogP contribution is 2.33. The van der Waals surface area contributed by atoms with Gasteiger partial charge in [-0.2, -0.15) is 0 Å². The lowest BCUT2D eigenvalue weighted by Crippen LogP contribution is -2.09.